The molecule has 0 aliphatic carbocycles. The van der Waals surface area contributed by atoms with E-state index in [0.717, 1.165) is 6.20 Å². The number of carbonyl (C=O) groups is 2. The monoisotopic (exact) mass is 343 g/mol. The predicted octanol–water partition coefficient (Wildman–Crippen LogP) is 1.98. The van der Waals surface area contributed by atoms with Crippen molar-refractivity contribution in [2.75, 3.05) is 18.5 Å². The lowest BCUT2D eigenvalue weighted by Gasteiger charge is -2.09. The van der Waals surface area contributed by atoms with Crippen LogP contribution in [-0.4, -0.2) is 36.1 Å². The van der Waals surface area contributed by atoms with Crippen LogP contribution in [0.1, 0.15) is 10.6 Å². The number of furan rings is 1. The van der Waals surface area contributed by atoms with Crippen LogP contribution in [0, 0.1) is 0 Å². The normalized spacial score (nSPS) is 11.0. The van der Waals surface area contributed by atoms with Gasteiger partial charge < -0.3 is 19.8 Å². The van der Waals surface area contributed by atoms with Crippen molar-refractivity contribution in [2.24, 2.45) is 0 Å². The summed E-state index contributed by atoms with van der Waals surface area (Å²) >= 11 is 0. The molecule has 0 aromatic carbocycles. The van der Waals surface area contributed by atoms with E-state index in [0.29, 0.717) is 0 Å². The summed E-state index contributed by atoms with van der Waals surface area (Å²) in [6.45, 7) is -1.77. The second-order valence-electron chi connectivity index (χ2n) is 4.50. The van der Waals surface area contributed by atoms with Crippen molar-refractivity contribution in [1.82, 2.24) is 10.3 Å². The molecule has 0 fully saturated rings. The van der Waals surface area contributed by atoms with Crippen molar-refractivity contribution in [3.63, 3.8) is 0 Å². The minimum absolute atomic E-state index is 0.0654. The van der Waals surface area contributed by atoms with Crippen molar-refractivity contribution in [3.05, 3.63) is 42.5 Å². The quantitative estimate of drug-likeness (QED) is 0.837. The van der Waals surface area contributed by atoms with Crippen LogP contribution in [0.5, 0.6) is 5.88 Å². The van der Waals surface area contributed by atoms with Crippen LogP contribution in [0.25, 0.3) is 0 Å². The Morgan fingerprint density at radius 2 is 2.04 bits per heavy atom. The van der Waals surface area contributed by atoms with Gasteiger partial charge in [0, 0.05) is 6.07 Å². The number of pyridine rings is 1. The third kappa shape index (κ3) is 5.63. The van der Waals surface area contributed by atoms with Gasteiger partial charge in [0.15, 0.2) is 12.4 Å². The molecule has 2 heterocycles. The summed E-state index contributed by atoms with van der Waals surface area (Å²) in [5.74, 6) is -1.25. The van der Waals surface area contributed by atoms with Crippen LogP contribution in [0.3, 0.4) is 0 Å². The number of ether oxygens (including phenoxy) is 1. The number of amides is 2. The van der Waals surface area contributed by atoms with E-state index in [9.17, 15) is 22.8 Å². The van der Waals surface area contributed by atoms with E-state index >= 15 is 0 Å². The lowest BCUT2D eigenvalue weighted by Crippen LogP contribution is -2.32. The number of aromatic nitrogens is 1. The van der Waals surface area contributed by atoms with Crippen molar-refractivity contribution in [3.8, 4) is 5.88 Å². The number of hydrogen-bond acceptors (Lipinski definition) is 5. The lowest BCUT2D eigenvalue weighted by atomic mass is 10.4. The highest BCUT2D eigenvalue weighted by molar-refractivity contribution is 5.97. The summed E-state index contributed by atoms with van der Waals surface area (Å²) < 4.78 is 45.3. The fourth-order valence-electron chi connectivity index (χ4n) is 1.56. The third-order valence-corrected chi connectivity index (χ3v) is 2.56. The van der Waals surface area contributed by atoms with Gasteiger partial charge in [-0.15, -0.1) is 0 Å². The minimum Gasteiger partial charge on any atom is -0.468 e. The Kier molecular flexibility index (Phi) is 5.40. The smallest absolute Gasteiger partial charge is 0.422 e. The number of carbonyl (C=O) groups excluding carboxylic acids is 2. The molecule has 128 valence electrons. The number of rotatable bonds is 6. The van der Waals surface area contributed by atoms with E-state index < -0.39 is 24.6 Å². The SMILES string of the molecule is O=C(CNC(=O)c1ccco1)Nc1ccc(OCC(F)(F)F)nc1. The minimum atomic E-state index is -4.46. The van der Waals surface area contributed by atoms with Crippen LogP contribution >= 0.6 is 0 Å². The number of hydrogen-bond donors (Lipinski definition) is 2. The molecule has 0 spiro atoms. The summed E-state index contributed by atoms with van der Waals surface area (Å²) in [6, 6.07) is 5.48. The van der Waals surface area contributed by atoms with Crippen LogP contribution in [-0.2, 0) is 4.79 Å². The van der Waals surface area contributed by atoms with Gasteiger partial charge in [-0.2, -0.15) is 13.2 Å². The summed E-state index contributed by atoms with van der Waals surface area (Å²) in [6.07, 6.45) is -2.00. The maximum atomic E-state index is 12.0. The third-order valence-electron chi connectivity index (χ3n) is 2.56. The molecule has 0 saturated carbocycles. The highest BCUT2D eigenvalue weighted by Gasteiger charge is 2.28. The summed E-state index contributed by atoms with van der Waals surface area (Å²) in [7, 11) is 0. The molecule has 10 heteroatoms. The Bertz CT molecular complexity index is 684. The zero-order chi connectivity index (χ0) is 17.6. The summed E-state index contributed by atoms with van der Waals surface area (Å²) in [5, 5.41) is 4.76. The van der Waals surface area contributed by atoms with Gasteiger partial charge in [-0.05, 0) is 18.2 Å². The zero-order valence-electron chi connectivity index (χ0n) is 12.1. The average Bonchev–Trinajstić information content (AvgIpc) is 3.06. The van der Waals surface area contributed by atoms with Gasteiger partial charge in [0.1, 0.15) is 0 Å². The van der Waals surface area contributed by atoms with E-state index in [1.54, 1.807) is 0 Å². The molecule has 2 aromatic heterocycles. The topological polar surface area (TPSA) is 93.5 Å². The second kappa shape index (κ2) is 7.49. The first-order valence-electron chi connectivity index (χ1n) is 6.60. The van der Waals surface area contributed by atoms with Crippen LogP contribution in [0.15, 0.2) is 41.1 Å². The standard InChI is InChI=1S/C14H12F3N3O4/c15-14(16,17)8-24-12-4-3-9(6-18-12)20-11(21)7-19-13(22)10-2-1-5-23-10/h1-6H,7-8H2,(H,19,22)(H,20,21). The van der Waals surface area contributed by atoms with Crippen LogP contribution in [0.4, 0.5) is 18.9 Å². The maximum absolute atomic E-state index is 12.0. The number of nitrogens with zero attached hydrogens (tertiary/aromatic N) is 1. The maximum Gasteiger partial charge on any atom is 0.422 e. The highest BCUT2D eigenvalue weighted by atomic mass is 19.4. The van der Waals surface area contributed by atoms with Crippen LogP contribution < -0.4 is 15.4 Å². The molecule has 0 bridgehead atoms. The molecule has 2 aromatic rings. The molecule has 0 atom stereocenters. The fourth-order valence-corrected chi connectivity index (χ4v) is 1.56. The van der Waals surface area contributed by atoms with Gasteiger partial charge in [0.05, 0.1) is 24.7 Å². The van der Waals surface area contributed by atoms with Crippen molar-refractivity contribution < 1.29 is 31.9 Å². The van der Waals surface area contributed by atoms with Crippen molar-refractivity contribution in [2.45, 2.75) is 6.18 Å². The summed E-state index contributed by atoms with van der Waals surface area (Å²) in [4.78, 5) is 26.9. The highest BCUT2D eigenvalue weighted by Crippen LogP contribution is 2.17. The number of halogens is 3. The predicted molar refractivity (Wildman–Crippen MR) is 75.5 cm³/mol. The molecule has 0 saturated heterocycles. The Hall–Kier alpha value is -3.04. The van der Waals surface area contributed by atoms with Gasteiger partial charge in [-0.1, -0.05) is 0 Å². The molecule has 24 heavy (non-hydrogen) atoms. The largest absolute Gasteiger partial charge is 0.468 e. The molecular formula is C14H12F3N3O4. The Morgan fingerprint density at radius 1 is 1.25 bits per heavy atom. The zero-order valence-corrected chi connectivity index (χ0v) is 12.1. The average molecular weight is 343 g/mol. The molecule has 2 rings (SSSR count). The number of anilines is 1. The van der Waals surface area contributed by atoms with E-state index in [2.05, 4.69) is 20.4 Å². The molecule has 0 aliphatic heterocycles. The molecule has 0 radical (unpaired) electrons. The Balaban J connectivity index is 1.78. The number of alkyl halides is 3. The second-order valence-corrected chi connectivity index (χ2v) is 4.50. The van der Waals surface area contributed by atoms with Gasteiger partial charge in [-0.3, -0.25) is 9.59 Å². The fraction of sp³-hybridized carbons (Fsp3) is 0.214. The Morgan fingerprint density at radius 3 is 2.62 bits per heavy atom. The molecule has 2 amide bonds. The van der Waals surface area contributed by atoms with Crippen molar-refractivity contribution >= 4 is 17.5 Å². The molecule has 2 N–H and O–H groups in total. The molecule has 7 nitrogen and oxygen atoms in total. The van der Waals surface area contributed by atoms with Gasteiger partial charge >= 0.3 is 6.18 Å². The van der Waals surface area contributed by atoms with Gasteiger partial charge in [0.25, 0.3) is 5.91 Å². The van der Waals surface area contributed by atoms with Crippen molar-refractivity contribution in [1.29, 1.82) is 0 Å². The van der Waals surface area contributed by atoms with E-state index in [1.165, 1.54) is 30.5 Å². The molecule has 0 aliphatic rings. The van der Waals surface area contributed by atoms with E-state index in [1.807, 2.05) is 0 Å². The Labute approximate surface area is 133 Å². The molecule has 0 unspecified atom stereocenters. The lowest BCUT2D eigenvalue weighted by molar-refractivity contribution is -0.154. The van der Waals surface area contributed by atoms with Gasteiger partial charge in [-0.25, -0.2) is 4.98 Å². The first-order valence-corrected chi connectivity index (χ1v) is 6.60. The van der Waals surface area contributed by atoms with E-state index in [4.69, 9.17) is 4.42 Å². The summed E-state index contributed by atoms with van der Waals surface area (Å²) in [5.41, 5.74) is 0.242. The first kappa shape index (κ1) is 17.3. The number of nitrogens with one attached hydrogen (secondary N) is 2. The van der Waals surface area contributed by atoms with Gasteiger partial charge in [0.2, 0.25) is 11.8 Å². The first-order chi connectivity index (χ1) is 11.3. The van der Waals surface area contributed by atoms with E-state index in [-0.39, 0.29) is 23.9 Å². The molecular weight excluding hydrogens is 331 g/mol. The van der Waals surface area contributed by atoms with Crippen LogP contribution in [0.2, 0.25) is 0 Å².